The third-order valence-electron chi connectivity index (χ3n) is 2.62. The molecule has 0 spiro atoms. The van der Waals surface area contributed by atoms with Gasteiger partial charge >= 0.3 is 0 Å². The number of nitrogens with one attached hydrogen (secondary N) is 2. The molecule has 0 bridgehead atoms. The SMILES string of the molecule is CNc1cncc(OCC2CCCN2)c1. The first-order valence-electron chi connectivity index (χ1n) is 5.37. The van der Waals surface area contributed by atoms with Crippen LogP contribution in [0.4, 0.5) is 5.69 Å². The third kappa shape index (κ3) is 2.83. The molecule has 0 saturated carbocycles. The van der Waals surface area contributed by atoms with Crippen LogP contribution in [0.1, 0.15) is 12.8 Å². The van der Waals surface area contributed by atoms with E-state index < -0.39 is 0 Å². The fraction of sp³-hybridized carbons (Fsp3) is 0.545. The lowest BCUT2D eigenvalue weighted by Crippen LogP contribution is -2.28. The molecule has 4 nitrogen and oxygen atoms in total. The Morgan fingerprint density at radius 2 is 2.53 bits per heavy atom. The number of pyridine rings is 1. The normalized spacial score (nSPS) is 20.2. The van der Waals surface area contributed by atoms with Crippen molar-refractivity contribution in [1.82, 2.24) is 10.3 Å². The predicted octanol–water partition coefficient (Wildman–Crippen LogP) is 1.25. The smallest absolute Gasteiger partial charge is 0.139 e. The summed E-state index contributed by atoms with van der Waals surface area (Å²) >= 11 is 0. The van der Waals surface area contributed by atoms with E-state index in [1.165, 1.54) is 12.8 Å². The van der Waals surface area contributed by atoms with E-state index in [9.17, 15) is 0 Å². The van der Waals surface area contributed by atoms with E-state index >= 15 is 0 Å². The van der Waals surface area contributed by atoms with Gasteiger partial charge in [0.2, 0.25) is 0 Å². The molecule has 2 N–H and O–H groups in total. The topological polar surface area (TPSA) is 46.2 Å². The molecule has 82 valence electrons. The zero-order valence-corrected chi connectivity index (χ0v) is 8.99. The van der Waals surface area contributed by atoms with E-state index in [0.717, 1.165) is 24.6 Å². The van der Waals surface area contributed by atoms with Crippen molar-refractivity contribution in [3.05, 3.63) is 18.5 Å². The van der Waals surface area contributed by atoms with Gasteiger partial charge in [0.25, 0.3) is 0 Å². The van der Waals surface area contributed by atoms with Crippen LogP contribution in [0, 0.1) is 0 Å². The van der Waals surface area contributed by atoms with Gasteiger partial charge in [-0.25, -0.2) is 0 Å². The summed E-state index contributed by atoms with van der Waals surface area (Å²) in [5, 5.41) is 6.43. The van der Waals surface area contributed by atoms with E-state index in [4.69, 9.17) is 4.74 Å². The van der Waals surface area contributed by atoms with Gasteiger partial charge in [-0.05, 0) is 19.4 Å². The maximum absolute atomic E-state index is 5.67. The highest BCUT2D eigenvalue weighted by Gasteiger charge is 2.14. The Morgan fingerprint density at radius 1 is 1.60 bits per heavy atom. The number of hydrogen-bond acceptors (Lipinski definition) is 4. The molecule has 0 aliphatic carbocycles. The summed E-state index contributed by atoms with van der Waals surface area (Å²) in [5.41, 5.74) is 0.979. The summed E-state index contributed by atoms with van der Waals surface area (Å²) in [6.07, 6.45) is 5.98. The maximum atomic E-state index is 5.67. The third-order valence-corrected chi connectivity index (χ3v) is 2.62. The van der Waals surface area contributed by atoms with Crippen molar-refractivity contribution in [3.8, 4) is 5.75 Å². The van der Waals surface area contributed by atoms with Crippen molar-refractivity contribution in [1.29, 1.82) is 0 Å². The van der Waals surface area contributed by atoms with Crippen LogP contribution >= 0.6 is 0 Å². The Labute approximate surface area is 90.0 Å². The second-order valence-corrected chi connectivity index (χ2v) is 3.76. The molecule has 4 heteroatoms. The second-order valence-electron chi connectivity index (χ2n) is 3.76. The van der Waals surface area contributed by atoms with Crippen molar-refractivity contribution < 1.29 is 4.74 Å². The van der Waals surface area contributed by atoms with Crippen LogP contribution in [0.15, 0.2) is 18.5 Å². The summed E-state index contributed by atoms with van der Waals surface area (Å²) in [4.78, 5) is 4.09. The summed E-state index contributed by atoms with van der Waals surface area (Å²) in [7, 11) is 1.87. The van der Waals surface area contributed by atoms with Crippen LogP contribution in [0.3, 0.4) is 0 Å². The molecule has 1 atom stereocenters. The standard InChI is InChI=1S/C11H17N3O/c1-12-10-5-11(7-13-6-10)15-8-9-3-2-4-14-9/h5-7,9,12,14H,2-4,8H2,1H3. The molecule has 1 aliphatic heterocycles. The minimum Gasteiger partial charge on any atom is -0.490 e. The average molecular weight is 207 g/mol. The Morgan fingerprint density at radius 3 is 3.27 bits per heavy atom. The van der Waals surface area contributed by atoms with Crippen molar-refractivity contribution in [2.75, 3.05) is 25.5 Å². The molecule has 0 aromatic carbocycles. The lowest BCUT2D eigenvalue weighted by molar-refractivity contribution is 0.276. The Hall–Kier alpha value is -1.29. The zero-order valence-electron chi connectivity index (χ0n) is 8.99. The van der Waals surface area contributed by atoms with E-state index in [1.807, 2.05) is 13.1 Å². The number of anilines is 1. The monoisotopic (exact) mass is 207 g/mol. The summed E-state index contributed by atoms with van der Waals surface area (Å²) in [6, 6.07) is 2.46. The fourth-order valence-electron chi connectivity index (χ4n) is 1.73. The van der Waals surface area contributed by atoms with Gasteiger partial charge in [0.05, 0.1) is 18.1 Å². The quantitative estimate of drug-likeness (QED) is 0.780. The number of hydrogen-bond donors (Lipinski definition) is 2. The molecule has 1 aliphatic rings. The molecular formula is C11H17N3O. The van der Waals surface area contributed by atoms with Gasteiger partial charge < -0.3 is 15.4 Å². The lowest BCUT2D eigenvalue weighted by Gasteiger charge is -2.12. The van der Waals surface area contributed by atoms with Crippen molar-refractivity contribution in [2.45, 2.75) is 18.9 Å². The van der Waals surface area contributed by atoms with Gasteiger partial charge in [0.1, 0.15) is 12.4 Å². The number of aromatic nitrogens is 1. The number of nitrogens with zero attached hydrogens (tertiary/aromatic N) is 1. The Bertz CT molecular complexity index is 310. The van der Waals surface area contributed by atoms with Crippen molar-refractivity contribution >= 4 is 5.69 Å². The number of ether oxygens (including phenoxy) is 1. The van der Waals surface area contributed by atoms with Crippen LogP contribution in [0.5, 0.6) is 5.75 Å². The molecule has 1 unspecified atom stereocenters. The first-order valence-corrected chi connectivity index (χ1v) is 5.37. The summed E-state index contributed by atoms with van der Waals surface area (Å²) in [5.74, 6) is 0.829. The molecule has 2 heterocycles. The maximum Gasteiger partial charge on any atom is 0.139 e. The molecule has 15 heavy (non-hydrogen) atoms. The lowest BCUT2D eigenvalue weighted by atomic mass is 10.2. The molecule has 1 aromatic heterocycles. The molecule has 0 amide bonds. The van der Waals surface area contributed by atoms with Gasteiger partial charge in [0.15, 0.2) is 0 Å². The number of rotatable bonds is 4. The van der Waals surface area contributed by atoms with Crippen LogP contribution in [0.25, 0.3) is 0 Å². The van der Waals surface area contributed by atoms with E-state index in [0.29, 0.717) is 6.04 Å². The van der Waals surface area contributed by atoms with E-state index in [-0.39, 0.29) is 0 Å². The van der Waals surface area contributed by atoms with Crippen LogP contribution in [-0.2, 0) is 0 Å². The first-order chi connectivity index (χ1) is 7.38. The Kier molecular flexibility index (Phi) is 3.40. The van der Waals surface area contributed by atoms with Crippen LogP contribution < -0.4 is 15.4 Å². The highest BCUT2D eigenvalue weighted by molar-refractivity contribution is 5.44. The summed E-state index contributed by atoms with van der Waals surface area (Å²) < 4.78 is 5.67. The minimum absolute atomic E-state index is 0.503. The predicted molar refractivity (Wildman–Crippen MR) is 60.3 cm³/mol. The van der Waals surface area contributed by atoms with Gasteiger partial charge in [-0.15, -0.1) is 0 Å². The molecular weight excluding hydrogens is 190 g/mol. The van der Waals surface area contributed by atoms with Gasteiger partial charge in [-0.1, -0.05) is 0 Å². The Balaban J connectivity index is 1.86. The first kappa shape index (κ1) is 10.2. The fourth-order valence-corrected chi connectivity index (χ4v) is 1.73. The summed E-state index contributed by atoms with van der Waals surface area (Å²) in [6.45, 7) is 1.84. The highest BCUT2D eigenvalue weighted by atomic mass is 16.5. The van der Waals surface area contributed by atoms with Crippen LogP contribution in [-0.4, -0.2) is 31.2 Å². The molecule has 0 radical (unpaired) electrons. The average Bonchev–Trinajstić information content (AvgIpc) is 2.79. The van der Waals surface area contributed by atoms with Crippen molar-refractivity contribution in [2.24, 2.45) is 0 Å². The minimum atomic E-state index is 0.503. The van der Waals surface area contributed by atoms with E-state index in [2.05, 4.69) is 15.6 Å². The van der Waals surface area contributed by atoms with Gasteiger partial charge in [-0.3, -0.25) is 4.98 Å². The largest absolute Gasteiger partial charge is 0.490 e. The molecule has 1 fully saturated rings. The molecule has 2 rings (SSSR count). The van der Waals surface area contributed by atoms with Gasteiger partial charge in [0, 0.05) is 19.2 Å². The van der Waals surface area contributed by atoms with E-state index in [1.54, 1.807) is 12.4 Å². The molecule has 1 saturated heterocycles. The molecule has 1 aromatic rings. The van der Waals surface area contributed by atoms with Crippen molar-refractivity contribution in [3.63, 3.8) is 0 Å². The highest BCUT2D eigenvalue weighted by Crippen LogP contribution is 2.15. The van der Waals surface area contributed by atoms with Crippen LogP contribution in [0.2, 0.25) is 0 Å². The zero-order chi connectivity index (χ0) is 10.5. The van der Waals surface area contributed by atoms with Gasteiger partial charge in [-0.2, -0.15) is 0 Å². The second kappa shape index (κ2) is 4.98.